The van der Waals surface area contributed by atoms with Crippen LogP contribution in [0.25, 0.3) is 0 Å². The number of carboxylic acid groups (broad SMARTS) is 1. The highest BCUT2D eigenvalue weighted by Gasteiger charge is 2.33. The number of carbonyl (C=O) groups is 1. The molecule has 1 unspecified atom stereocenters. The number of nitrogens with one attached hydrogen (secondary N) is 1. The number of carboxylic acids is 1. The first kappa shape index (κ1) is 11.9. The summed E-state index contributed by atoms with van der Waals surface area (Å²) in [6.07, 6.45) is 1.21. The van der Waals surface area contributed by atoms with Gasteiger partial charge in [0.15, 0.2) is 0 Å². The van der Waals surface area contributed by atoms with Crippen LogP contribution in [0.4, 0.5) is 10.1 Å². The largest absolute Gasteiger partial charge is 0.481 e. The molecule has 0 aromatic heterocycles. The molecule has 2 rings (SSSR count). The monoisotopic (exact) mass is 237 g/mol. The molecule has 0 bridgehead atoms. The molecule has 0 radical (unpaired) electrons. The molecule has 2 N–H and O–H groups in total. The predicted molar refractivity (Wildman–Crippen MR) is 63.5 cm³/mol. The highest BCUT2D eigenvalue weighted by Crippen LogP contribution is 2.32. The lowest BCUT2D eigenvalue weighted by molar-refractivity contribution is -0.147. The third-order valence-corrected chi connectivity index (χ3v) is 3.23. The summed E-state index contributed by atoms with van der Waals surface area (Å²) >= 11 is 0. The van der Waals surface area contributed by atoms with Crippen LogP contribution in [0.1, 0.15) is 25.8 Å². The van der Waals surface area contributed by atoms with Crippen LogP contribution in [-0.2, 0) is 11.2 Å². The highest BCUT2D eigenvalue weighted by atomic mass is 19.1. The molecule has 0 saturated carbocycles. The van der Waals surface area contributed by atoms with Crippen LogP contribution in [0.5, 0.6) is 0 Å². The van der Waals surface area contributed by atoms with Gasteiger partial charge in [0.25, 0.3) is 0 Å². The fourth-order valence-electron chi connectivity index (χ4n) is 2.23. The van der Waals surface area contributed by atoms with Crippen molar-refractivity contribution in [3.63, 3.8) is 0 Å². The van der Waals surface area contributed by atoms with Crippen molar-refractivity contribution in [2.75, 3.05) is 5.32 Å². The molecule has 92 valence electrons. The molecule has 1 aromatic carbocycles. The topological polar surface area (TPSA) is 49.3 Å². The average molecular weight is 237 g/mol. The molecule has 1 aliphatic rings. The molecular weight excluding hydrogens is 221 g/mol. The van der Waals surface area contributed by atoms with E-state index in [1.54, 1.807) is 19.9 Å². The van der Waals surface area contributed by atoms with E-state index in [4.69, 9.17) is 5.11 Å². The highest BCUT2D eigenvalue weighted by molar-refractivity contribution is 5.74. The SMILES string of the molecule is CC(C)(CC1Cc2cc(F)ccc2N1)C(=O)O. The van der Waals surface area contributed by atoms with Crippen LogP contribution >= 0.6 is 0 Å². The van der Waals surface area contributed by atoms with E-state index < -0.39 is 11.4 Å². The van der Waals surface area contributed by atoms with E-state index in [0.29, 0.717) is 12.8 Å². The van der Waals surface area contributed by atoms with Crippen molar-refractivity contribution in [3.8, 4) is 0 Å². The second kappa shape index (κ2) is 4.02. The maximum absolute atomic E-state index is 13.0. The third kappa shape index (κ3) is 2.40. The zero-order chi connectivity index (χ0) is 12.6. The van der Waals surface area contributed by atoms with Crippen molar-refractivity contribution < 1.29 is 14.3 Å². The Balaban J connectivity index is 2.08. The molecule has 1 heterocycles. The number of anilines is 1. The Morgan fingerprint density at radius 2 is 2.29 bits per heavy atom. The van der Waals surface area contributed by atoms with Crippen molar-refractivity contribution in [2.24, 2.45) is 5.41 Å². The lowest BCUT2D eigenvalue weighted by Gasteiger charge is -2.23. The van der Waals surface area contributed by atoms with Gasteiger partial charge in [-0.05, 0) is 50.5 Å². The molecule has 1 aliphatic heterocycles. The Morgan fingerprint density at radius 1 is 1.59 bits per heavy atom. The summed E-state index contributed by atoms with van der Waals surface area (Å²) in [6, 6.07) is 4.70. The Kier molecular flexibility index (Phi) is 2.81. The minimum atomic E-state index is -0.804. The first-order chi connectivity index (χ1) is 7.88. The first-order valence-electron chi connectivity index (χ1n) is 5.67. The summed E-state index contributed by atoms with van der Waals surface area (Å²) in [6.45, 7) is 3.42. The van der Waals surface area contributed by atoms with E-state index in [1.165, 1.54) is 12.1 Å². The van der Waals surface area contributed by atoms with E-state index in [9.17, 15) is 9.18 Å². The van der Waals surface area contributed by atoms with Crippen LogP contribution in [0.15, 0.2) is 18.2 Å². The van der Waals surface area contributed by atoms with Gasteiger partial charge in [0.1, 0.15) is 5.82 Å². The molecule has 4 heteroatoms. The number of hydrogen-bond donors (Lipinski definition) is 2. The fourth-order valence-corrected chi connectivity index (χ4v) is 2.23. The van der Waals surface area contributed by atoms with Crippen LogP contribution < -0.4 is 5.32 Å². The summed E-state index contributed by atoms with van der Waals surface area (Å²) in [5.74, 6) is -1.05. The van der Waals surface area contributed by atoms with Crippen LogP contribution in [0, 0.1) is 11.2 Å². The molecule has 1 aromatic rings. The molecule has 17 heavy (non-hydrogen) atoms. The second-order valence-corrected chi connectivity index (χ2v) is 5.24. The Bertz CT molecular complexity index is 457. The van der Waals surface area contributed by atoms with Crippen molar-refractivity contribution in [3.05, 3.63) is 29.6 Å². The summed E-state index contributed by atoms with van der Waals surface area (Å²) < 4.78 is 13.0. The summed E-state index contributed by atoms with van der Waals surface area (Å²) in [5.41, 5.74) is 1.08. The normalized spacial score (nSPS) is 18.6. The molecule has 0 saturated heterocycles. The van der Waals surface area contributed by atoms with E-state index in [2.05, 4.69) is 5.32 Å². The molecular formula is C13H16FNO2. The van der Waals surface area contributed by atoms with Gasteiger partial charge in [-0.1, -0.05) is 0 Å². The van der Waals surface area contributed by atoms with Gasteiger partial charge in [-0.2, -0.15) is 0 Å². The van der Waals surface area contributed by atoms with Gasteiger partial charge in [0.05, 0.1) is 5.41 Å². The summed E-state index contributed by atoms with van der Waals surface area (Å²) in [7, 11) is 0. The zero-order valence-corrected chi connectivity index (χ0v) is 9.96. The summed E-state index contributed by atoms with van der Waals surface area (Å²) in [4.78, 5) is 11.0. The molecule has 1 atom stereocenters. The van der Waals surface area contributed by atoms with Gasteiger partial charge in [-0.25, -0.2) is 4.39 Å². The third-order valence-electron chi connectivity index (χ3n) is 3.23. The fraction of sp³-hybridized carbons (Fsp3) is 0.462. The van der Waals surface area contributed by atoms with Crippen molar-refractivity contribution in [2.45, 2.75) is 32.7 Å². The van der Waals surface area contributed by atoms with E-state index >= 15 is 0 Å². The lowest BCUT2D eigenvalue weighted by Crippen LogP contribution is -2.31. The van der Waals surface area contributed by atoms with E-state index in [1.807, 2.05) is 0 Å². The minimum Gasteiger partial charge on any atom is -0.481 e. The number of aliphatic carboxylic acids is 1. The van der Waals surface area contributed by atoms with Gasteiger partial charge in [0.2, 0.25) is 0 Å². The van der Waals surface area contributed by atoms with Crippen LogP contribution in [-0.4, -0.2) is 17.1 Å². The Hall–Kier alpha value is -1.58. The number of hydrogen-bond acceptors (Lipinski definition) is 2. The van der Waals surface area contributed by atoms with Gasteiger partial charge >= 0.3 is 5.97 Å². The molecule has 0 aliphatic carbocycles. The van der Waals surface area contributed by atoms with Crippen LogP contribution in [0.2, 0.25) is 0 Å². The van der Waals surface area contributed by atoms with Crippen molar-refractivity contribution in [1.82, 2.24) is 0 Å². The molecule has 0 spiro atoms. The maximum Gasteiger partial charge on any atom is 0.309 e. The number of fused-ring (bicyclic) bond motifs is 1. The lowest BCUT2D eigenvalue weighted by atomic mass is 9.85. The summed E-state index contributed by atoms with van der Waals surface area (Å²) in [5, 5.41) is 12.3. The quantitative estimate of drug-likeness (QED) is 0.849. The van der Waals surface area contributed by atoms with Gasteiger partial charge in [0, 0.05) is 11.7 Å². The molecule has 3 nitrogen and oxygen atoms in total. The maximum atomic E-state index is 13.0. The standard InChI is InChI=1S/C13H16FNO2/c1-13(2,12(16)17)7-10-6-8-5-9(14)3-4-11(8)15-10/h3-5,10,15H,6-7H2,1-2H3,(H,16,17). The van der Waals surface area contributed by atoms with E-state index in [0.717, 1.165) is 11.3 Å². The minimum absolute atomic E-state index is 0.0675. The smallest absolute Gasteiger partial charge is 0.309 e. The van der Waals surface area contributed by atoms with Gasteiger partial charge in [-0.15, -0.1) is 0 Å². The first-order valence-corrected chi connectivity index (χ1v) is 5.67. The molecule has 0 amide bonds. The van der Waals surface area contributed by atoms with Gasteiger partial charge in [-0.3, -0.25) is 4.79 Å². The number of halogens is 1. The number of benzene rings is 1. The van der Waals surface area contributed by atoms with Crippen LogP contribution in [0.3, 0.4) is 0 Å². The zero-order valence-electron chi connectivity index (χ0n) is 9.96. The van der Waals surface area contributed by atoms with E-state index in [-0.39, 0.29) is 11.9 Å². The van der Waals surface area contributed by atoms with Crippen molar-refractivity contribution >= 4 is 11.7 Å². The second-order valence-electron chi connectivity index (χ2n) is 5.24. The Morgan fingerprint density at radius 3 is 2.94 bits per heavy atom. The Labute approximate surface area is 99.7 Å². The molecule has 0 fully saturated rings. The number of rotatable bonds is 3. The van der Waals surface area contributed by atoms with Crippen molar-refractivity contribution in [1.29, 1.82) is 0 Å². The van der Waals surface area contributed by atoms with Gasteiger partial charge < -0.3 is 10.4 Å². The average Bonchev–Trinajstić information content (AvgIpc) is 2.57. The predicted octanol–water partition coefficient (Wildman–Crippen LogP) is 2.66.